The Morgan fingerprint density at radius 2 is 2.33 bits per heavy atom. The lowest BCUT2D eigenvalue weighted by atomic mass is 10.0. The zero-order valence-electron chi connectivity index (χ0n) is 11.4. The van der Waals surface area contributed by atoms with Gasteiger partial charge in [-0.15, -0.1) is 0 Å². The van der Waals surface area contributed by atoms with Gasteiger partial charge in [0.15, 0.2) is 0 Å². The van der Waals surface area contributed by atoms with E-state index >= 15 is 0 Å². The van der Waals surface area contributed by atoms with Crippen molar-refractivity contribution in [2.24, 2.45) is 5.92 Å². The van der Waals surface area contributed by atoms with Crippen LogP contribution in [0.1, 0.15) is 13.3 Å². The van der Waals surface area contributed by atoms with Gasteiger partial charge in [-0.2, -0.15) is 0 Å². The van der Waals surface area contributed by atoms with Crippen molar-refractivity contribution in [1.82, 2.24) is 9.97 Å². The van der Waals surface area contributed by atoms with Crippen LogP contribution < -0.4 is 10.9 Å². The maximum atomic E-state index is 14.0. The predicted molar refractivity (Wildman–Crippen MR) is 74.5 cm³/mol. The largest absolute Gasteiger partial charge is 0.378 e. The number of nitrogens with one attached hydrogen (secondary N) is 2. The summed E-state index contributed by atoms with van der Waals surface area (Å²) in [4.78, 5) is 30.1. The summed E-state index contributed by atoms with van der Waals surface area (Å²) in [7, 11) is 0. The number of carbonyl (C=O) groups is 1. The molecule has 1 aliphatic heterocycles. The lowest BCUT2D eigenvalue weighted by molar-refractivity contribution is -0.121. The van der Waals surface area contributed by atoms with Crippen LogP contribution in [0.15, 0.2) is 23.3 Å². The minimum Gasteiger partial charge on any atom is -0.378 e. The number of nitrogens with zero attached hydrogens (tertiary/aromatic N) is 1. The highest BCUT2D eigenvalue weighted by Gasteiger charge is 2.31. The molecule has 1 amide bonds. The molecule has 21 heavy (non-hydrogen) atoms. The monoisotopic (exact) mass is 291 g/mol. The number of rotatable bonds is 2. The number of hydrogen-bond acceptors (Lipinski definition) is 4. The Balaban J connectivity index is 1.93. The number of amides is 1. The molecule has 2 aromatic rings. The average Bonchev–Trinajstić information content (AvgIpc) is 2.87. The third-order valence-corrected chi connectivity index (χ3v) is 3.70. The van der Waals surface area contributed by atoms with Crippen molar-refractivity contribution in [2.45, 2.75) is 19.4 Å². The zero-order valence-corrected chi connectivity index (χ0v) is 11.4. The molecule has 0 saturated carbocycles. The van der Waals surface area contributed by atoms with Crippen LogP contribution in [0.2, 0.25) is 0 Å². The second-order valence-electron chi connectivity index (χ2n) is 5.04. The maximum Gasteiger partial charge on any atom is 0.258 e. The third-order valence-electron chi connectivity index (χ3n) is 3.70. The number of aromatic amines is 1. The van der Waals surface area contributed by atoms with E-state index in [4.69, 9.17) is 4.74 Å². The fourth-order valence-corrected chi connectivity index (χ4v) is 2.49. The summed E-state index contributed by atoms with van der Waals surface area (Å²) in [5.74, 6) is -1.24. The smallest absolute Gasteiger partial charge is 0.258 e. The highest BCUT2D eigenvalue weighted by molar-refractivity contribution is 5.95. The number of hydrogen-bond donors (Lipinski definition) is 2. The fraction of sp³-hybridized carbons (Fsp3) is 0.357. The van der Waals surface area contributed by atoms with Gasteiger partial charge in [0.1, 0.15) is 5.82 Å². The summed E-state index contributed by atoms with van der Waals surface area (Å²) in [6, 6.07) is 2.43. The van der Waals surface area contributed by atoms with E-state index in [0.29, 0.717) is 13.0 Å². The van der Waals surface area contributed by atoms with E-state index < -0.39 is 5.82 Å². The summed E-state index contributed by atoms with van der Waals surface area (Å²) in [5, 5.41) is 2.75. The van der Waals surface area contributed by atoms with E-state index in [1.807, 2.05) is 6.92 Å². The van der Waals surface area contributed by atoms with Crippen molar-refractivity contribution in [3.63, 3.8) is 0 Å². The maximum absolute atomic E-state index is 14.0. The summed E-state index contributed by atoms with van der Waals surface area (Å²) in [6.45, 7) is 2.33. The highest BCUT2D eigenvalue weighted by atomic mass is 19.1. The molecule has 2 heterocycles. The van der Waals surface area contributed by atoms with Gasteiger partial charge in [0.2, 0.25) is 5.91 Å². The van der Waals surface area contributed by atoms with Crippen LogP contribution in [0.3, 0.4) is 0 Å². The van der Waals surface area contributed by atoms with E-state index in [-0.39, 0.29) is 40.1 Å². The van der Waals surface area contributed by atoms with Crippen LogP contribution >= 0.6 is 0 Å². The summed E-state index contributed by atoms with van der Waals surface area (Å²) in [5.41, 5.74) is -0.162. The topological polar surface area (TPSA) is 84.1 Å². The molecule has 0 radical (unpaired) electrons. The van der Waals surface area contributed by atoms with Crippen LogP contribution in [0.4, 0.5) is 10.1 Å². The molecule has 1 aromatic heterocycles. The molecule has 1 aromatic carbocycles. The van der Waals surface area contributed by atoms with Gasteiger partial charge in [-0.05, 0) is 19.4 Å². The van der Waals surface area contributed by atoms with Crippen molar-refractivity contribution in [3.05, 3.63) is 34.6 Å². The number of halogens is 1. The summed E-state index contributed by atoms with van der Waals surface area (Å²) in [6.07, 6.45) is 1.61. The summed E-state index contributed by atoms with van der Waals surface area (Å²) < 4.78 is 19.3. The first-order valence-electron chi connectivity index (χ1n) is 6.65. The van der Waals surface area contributed by atoms with Gasteiger partial charge < -0.3 is 15.0 Å². The average molecular weight is 291 g/mol. The standard InChI is InChI=1S/C14H14FN3O3/c1-7-8(2-3-21-7)14(20)18-12-4-9-11(5-10(12)15)16-6-17-13(9)19/h4-8H,2-3H2,1H3,(H,18,20)(H,16,17,19)/t7-,8-/m1/s1. The van der Waals surface area contributed by atoms with Crippen LogP contribution in [0.5, 0.6) is 0 Å². The number of carbonyl (C=O) groups excluding carboxylic acids is 1. The molecule has 6 nitrogen and oxygen atoms in total. The van der Waals surface area contributed by atoms with Crippen molar-refractivity contribution >= 4 is 22.5 Å². The summed E-state index contributed by atoms with van der Waals surface area (Å²) >= 11 is 0. The van der Waals surface area contributed by atoms with Gasteiger partial charge in [-0.3, -0.25) is 9.59 Å². The number of anilines is 1. The minimum absolute atomic E-state index is 0.0231. The molecule has 1 fully saturated rings. The number of benzene rings is 1. The van der Waals surface area contributed by atoms with E-state index in [1.165, 1.54) is 12.4 Å². The molecular weight excluding hydrogens is 277 g/mol. The number of H-pyrrole nitrogens is 1. The minimum atomic E-state index is -0.625. The van der Waals surface area contributed by atoms with Crippen molar-refractivity contribution in [2.75, 3.05) is 11.9 Å². The van der Waals surface area contributed by atoms with Crippen molar-refractivity contribution in [3.8, 4) is 0 Å². The number of fused-ring (bicyclic) bond motifs is 1. The predicted octanol–water partition coefficient (Wildman–Crippen LogP) is 1.43. The molecule has 1 aliphatic rings. The van der Waals surface area contributed by atoms with E-state index in [2.05, 4.69) is 15.3 Å². The Labute approximate surface area is 119 Å². The van der Waals surface area contributed by atoms with Crippen molar-refractivity contribution in [1.29, 1.82) is 0 Å². The quantitative estimate of drug-likeness (QED) is 0.876. The molecular formula is C14H14FN3O3. The van der Waals surface area contributed by atoms with Gasteiger partial charge in [0, 0.05) is 12.7 Å². The van der Waals surface area contributed by atoms with E-state index in [0.717, 1.165) is 6.07 Å². The number of aromatic nitrogens is 2. The number of ether oxygens (including phenoxy) is 1. The normalized spacial score (nSPS) is 21.6. The van der Waals surface area contributed by atoms with Gasteiger partial charge >= 0.3 is 0 Å². The van der Waals surface area contributed by atoms with Crippen molar-refractivity contribution < 1.29 is 13.9 Å². The molecule has 3 rings (SSSR count). The molecule has 2 N–H and O–H groups in total. The lowest BCUT2D eigenvalue weighted by Gasteiger charge is -2.14. The molecule has 1 saturated heterocycles. The Morgan fingerprint density at radius 1 is 1.52 bits per heavy atom. The van der Waals surface area contributed by atoms with Crippen LogP contribution in [0.25, 0.3) is 10.9 Å². The molecule has 2 atom stereocenters. The Bertz CT molecular complexity index is 759. The lowest BCUT2D eigenvalue weighted by Crippen LogP contribution is -2.28. The molecule has 7 heteroatoms. The Morgan fingerprint density at radius 3 is 3.05 bits per heavy atom. The first-order valence-corrected chi connectivity index (χ1v) is 6.65. The first kappa shape index (κ1) is 13.7. The zero-order chi connectivity index (χ0) is 15.0. The SMILES string of the molecule is C[C@H]1OCC[C@H]1C(=O)Nc1cc2c(=O)[nH]cnc2cc1F. The first-order chi connectivity index (χ1) is 10.1. The van der Waals surface area contributed by atoms with Gasteiger partial charge in [0.05, 0.1) is 34.9 Å². The molecule has 0 bridgehead atoms. The van der Waals surface area contributed by atoms with Crippen LogP contribution in [-0.2, 0) is 9.53 Å². The van der Waals surface area contributed by atoms with E-state index in [1.54, 1.807) is 0 Å². The third kappa shape index (κ3) is 2.52. The Hall–Kier alpha value is -2.28. The van der Waals surface area contributed by atoms with Gasteiger partial charge in [-0.25, -0.2) is 9.37 Å². The molecule has 0 spiro atoms. The van der Waals surface area contributed by atoms with Crippen LogP contribution in [0, 0.1) is 11.7 Å². The highest BCUT2D eigenvalue weighted by Crippen LogP contribution is 2.24. The van der Waals surface area contributed by atoms with Gasteiger partial charge in [-0.1, -0.05) is 0 Å². The van der Waals surface area contributed by atoms with Crippen LogP contribution in [-0.4, -0.2) is 28.6 Å². The van der Waals surface area contributed by atoms with E-state index in [9.17, 15) is 14.0 Å². The van der Waals surface area contributed by atoms with Gasteiger partial charge in [0.25, 0.3) is 5.56 Å². The molecule has 110 valence electrons. The molecule has 0 unspecified atom stereocenters. The second kappa shape index (κ2) is 5.25. The Kier molecular flexibility index (Phi) is 3.42. The molecule has 0 aliphatic carbocycles. The second-order valence-corrected chi connectivity index (χ2v) is 5.04. The fourth-order valence-electron chi connectivity index (χ4n) is 2.49.